The number of methoxy groups -OCH3 is 1. The second-order valence-corrected chi connectivity index (χ2v) is 5.38. The van der Waals surface area contributed by atoms with Gasteiger partial charge in [0, 0.05) is 24.3 Å². The van der Waals surface area contributed by atoms with E-state index in [0.29, 0.717) is 17.2 Å². The number of benzene rings is 1. The molecule has 1 aromatic rings. The Morgan fingerprint density at radius 3 is 2.62 bits per heavy atom. The molecule has 1 unspecified atom stereocenters. The number of hydrogen-bond donors (Lipinski definition) is 0. The summed E-state index contributed by atoms with van der Waals surface area (Å²) < 4.78 is 4.60. The number of esters is 1. The molecule has 1 atom stereocenters. The predicted octanol–water partition coefficient (Wildman–Crippen LogP) is 2.75. The lowest BCUT2D eigenvalue weighted by Gasteiger charge is -2.22. The standard InChI is InChI=1S/C15H16ClNO4/c1-10(18)15(8-7-14(19)20-2)9-13(17-21-15)11-3-5-12(16)6-4-11/h3-6H,7-9H2,1-2H3. The minimum absolute atomic E-state index is 0.111. The highest BCUT2D eigenvalue weighted by molar-refractivity contribution is 6.30. The van der Waals surface area contributed by atoms with Crippen molar-refractivity contribution in [3.05, 3.63) is 34.9 Å². The summed E-state index contributed by atoms with van der Waals surface area (Å²) in [6, 6.07) is 7.14. The second kappa shape index (κ2) is 6.26. The molecule has 21 heavy (non-hydrogen) atoms. The van der Waals surface area contributed by atoms with Crippen LogP contribution in [0.2, 0.25) is 5.02 Å². The zero-order valence-corrected chi connectivity index (χ0v) is 12.6. The fourth-order valence-electron chi connectivity index (χ4n) is 2.18. The fraction of sp³-hybridized carbons (Fsp3) is 0.400. The maximum absolute atomic E-state index is 11.9. The second-order valence-electron chi connectivity index (χ2n) is 4.94. The maximum atomic E-state index is 11.9. The largest absolute Gasteiger partial charge is 0.469 e. The number of hydrogen-bond acceptors (Lipinski definition) is 5. The SMILES string of the molecule is COC(=O)CCC1(C(C)=O)CC(c2ccc(Cl)cc2)=NO1. The molecule has 1 heterocycles. The Morgan fingerprint density at radius 1 is 1.38 bits per heavy atom. The average molecular weight is 310 g/mol. The van der Waals surface area contributed by atoms with Crippen LogP contribution in [0.1, 0.15) is 31.7 Å². The highest BCUT2D eigenvalue weighted by atomic mass is 35.5. The first-order chi connectivity index (χ1) is 9.97. The van der Waals surface area contributed by atoms with Crippen molar-refractivity contribution in [3.63, 3.8) is 0 Å². The lowest BCUT2D eigenvalue weighted by molar-refractivity contribution is -0.146. The van der Waals surface area contributed by atoms with Crippen LogP contribution in [0.4, 0.5) is 0 Å². The molecule has 5 nitrogen and oxygen atoms in total. The van der Waals surface area contributed by atoms with Crippen molar-refractivity contribution in [2.75, 3.05) is 7.11 Å². The average Bonchev–Trinajstić information content (AvgIpc) is 2.91. The topological polar surface area (TPSA) is 65.0 Å². The van der Waals surface area contributed by atoms with E-state index < -0.39 is 5.60 Å². The van der Waals surface area contributed by atoms with Crippen LogP contribution >= 0.6 is 11.6 Å². The Hall–Kier alpha value is -1.88. The van der Waals surface area contributed by atoms with Gasteiger partial charge in [-0.3, -0.25) is 9.59 Å². The number of oxime groups is 1. The molecule has 0 saturated carbocycles. The molecule has 0 aromatic heterocycles. The van der Waals surface area contributed by atoms with E-state index in [4.69, 9.17) is 16.4 Å². The van der Waals surface area contributed by atoms with E-state index in [2.05, 4.69) is 9.89 Å². The lowest BCUT2D eigenvalue weighted by atomic mass is 9.87. The van der Waals surface area contributed by atoms with Gasteiger partial charge in [0.25, 0.3) is 0 Å². The summed E-state index contributed by atoms with van der Waals surface area (Å²) in [5.74, 6) is -0.529. The highest BCUT2D eigenvalue weighted by Gasteiger charge is 2.44. The molecular weight excluding hydrogens is 294 g/mol. The van der Waals surface area contributed by atoms with Gasteiger partial charge in [0.15, 0.2) is 5.78 Å². The van der Waals surface area contributed by atoms with Gasteiger partial charge in [-0.15, -0.1) is 0 Å². The van der Waals surface area contributed by atoms with E-state index in [0.717, 1.165) is 5.56 Å². The van der Waals surface area contributed by atoms with Gasteiger partial charge >= 0.3 is 5.97 Å². The number of rotatable bonds is 5. The van der Waals surface area contributed by atoms with Gasteiger partial charge in [0.2, 0.25) is 5.60 Å². The molecule has 0 radical (unpaired) electrons. The third-order valence-electron chi connectivity index (χ3n) is 3.56. The first-order valence-corrected chi connectivity index (χ1v) is 6.93. The zero-order valence-electron chi connectivity index (χ0n) is 11.9. The molecule has 1 aromatic carbocycles. The van der Waals surface area contributed by atoms with Crippen LogP contribution in [0.3, 0.4) is 0 Å². The first-order valence-electron chi connectivity index (χ1n) is 6.56. The molecule has 0 N–H and O–H groups in total. The summed E-state index contributed by atoms with van der Waals surface area (Å²) in [5, 5.41) is 4.64. The number of carbonyl (C=O) groups excluding carboxylic acids is 2. The van der Waals surface area contributed by atoms with E-state index in [9.17, 15) is 9.59 Å². The summed E-state index contributed by atoms with van der Waals surface area (Å²) in [7, 11) is 1.31. The van der Waals surface area contributed by atoms with Crippen LogP contribution in [0.5, 0.6) is 0 Å². The van der Waals surface area contributed by atoms with Crippen LogP contribution in [0.15, 0.2) is 29.4 Å². The van der Waals surface area contributed by atoms with Gasteiger partial charge in [-0.2, -0.15) is 0 Å². The van der Waals surface area contributed by atoms with Crippen LogP contribution < -0.4 is 0 Å². The van der Waals surface area contributed by atoms with Gasteiger partial charge in [-0.25, -0.2) is 0 Å². The smallest absolute Gasteiger partial charge is 0.305 e. The third kappa shape index (κ3) is 3.42. The number of nitrogens with zero attached hydrogens (tertiary/aromatic N) is 1. The summed E-state index contributed by atoms with van der Waals surface area (Å²) in [6.45, 7) is 1.44. The van der Waals surface area contributed by atoms with Crippen molar-refractivity contribution < 1.29 is 19.2 Å². The van der Waals surface area contributed by atoms with E-state index >= 15 is 0 Å². The maximum Gasteiger partial charge on any atom is 0.305 e. The van der Waals surface area contributed by atoms with Crippen LogP contribution in [-0.2, 0) is 19.2 Å². The minimum atomic E-state index is -1.08. The monoisotopic (exact) mass is 309 g/mol. The molecule has 0 spiro atoms. The van der Waals surface area contributed by atoms with E-state index in [1.165, 1.54) is 14.0 Å². The van der Waals surface area contributed by atoms with Crippen LogP contribution in [0.25, 0.3) is 0 Å². The van der Waals surface area contributed by atoms with Crippen LogP contribution in [-0.4, -0.2) is 30.2 Å². The van der Waals surface area contributed by atoms with Gasteiger partial charge in [0.05, 0.1) is 12.8 Å². The zero-order chi connectivity index (χ0) is 15.5. The van der Waals surface area contributed by atoms with Crippen molar-refractivity contribution in [2.45, 2.75) is 31.8 Å². The summed E-state index contributed by atoms with van der Waals surface area (Å²) >= 11 is 5.85. The number of Topliss-reactive ketones (excluding diaryl/α,β-unsaturated/α-hetero) is 1. The third-order valence-corrected chi connectivity index (χ3v) is 3.82. The molecule has 0 bridgehead atoms. The Balaban J connectivity index is 2.12. The Kier molecular flexibility index (Phi) is 4.63. The first kappa shape index (κ1) is 15.5. The molecule has 0 saturated heterocycles. The van der Waals surface area contributed by atoms with Gasteiger partial charge in [-0.05, 0) is 24.6 Å². The van der Waals surface area contributed by atoms with E-state index in [1.807, 2.05) is 12.1 Å². The lowest BCUT2D eigenvalue weighted by Crippen LogP contribution is -2.38. The number of halogens is 1. The van der Waals surface area contributed by atoms with Crippen molar-refractivity contribution >= 4 is 29.1 Å². The predicted molar refractivity (Wildman–Crippen MR) is 78.4 cm³/mol. The van der Waals surface area contributed by atoms with E-state index in [1.54, 1.807) is 12.1 Å². The molecule has 0 fully saturated rings. The summed E-state index contributed by atoms with van der Waals surface area (Å²) in [6.07, 6.45) is 0.691. The fourth-order valence-corrected chi connectivity index (χ4v) is 2.31. The minimum Gasteiger partial charge on any atom is -0.469 e. The number of ketones is 1. The molecular formula is C15H16ClNO4. The summed E-state index contributed by atoms with van der Waals surface area (Å²) in [4.78, 5) is 28.6. The number of carbonyl (C=O) groups is 2. The summed E-state index contributed by atoms with van der Waals surface area (Å²) in [5.41, 5.74) is 0.440. The molecule has 0 amide bonds. The van der Waals surface area contributed by atoms with Gasteiger partial charge < -0.3 is 9.57 Å². The van der Waals surface area contributed by atoms with Crippen molar-refractivity contribution in [2.24, 2.45) is 5.16 Å². The van der Waals surface area contributed by atoms with Gasteiger partial charge in [-0.1, -0.05) is 28.9 Å². The van der Waals surface area contributed by atoms with E-state index in [-0.39, 0.29) is 24.6 Å². The normalized spacial score (nSPS) is 20.6. The van der Waals surface area contributed by atoms with Crippen molar-refractivity contribution in [1.29, 1.82) is 0 Å². The van der Waals surface area contributed by atoms with Crippen molar-refractivity contribution in [3.8, 4) is 0 Å². The molecule has 2 rings (SSSR count). The Labute approximate surface area is 127 Å². The highest BCUT2D eigenvalue weighted by Crippen LogP contribution is 2.32. The van der Waals surface area contributed by atoms with Crippen LogP contribution in [0, 0.1) is 0 Å². The Bertz CT molecular complexity index is 582. The quantitative estimate of drug-likeness (QED) is 0.784. The molecule has 6 heteroatoms. The molecule has 112 valence electrons. The molecule has 1 aliphatic heterocycles. The molecule has 1 aliphatic rings. The molecule has 0 aliphatic carbocycles. The van der Waals surface area contributed by atoms with Crippen molar-refractivity contribution in [1.82, 2.24) is 0 Å². The Morgan fingerprint density at radius 2 is 2.05 bits per heavy atom. The number of ether oxygens (including phenoxy) is 1. The van der Waals surface area contributed by atoms with Gasteiger partial charge in [0.1, 0.15) is 0 Å².